The molecule has 0 radical (unpaired) electrons. The molecular formula is C12H14O3. The first-order valence-electron chi connectivity index (χ1n) is 5.17. The zero-order chi connectivity index (χ0) is 10.7. The second kappa shape index (κ2) is 4.45. The summed E-state index contributed by atoms with van der Waals surface area (Å²) >= 11 is 0. The highest BCUT2D eigenvalue weighted by Crippen LogP contribution is 2.25. The van der Waals surface area contributed by atoms with Gasteiger partial charge in [0.2, 0.25) is 0 Å². The van der Waals surface area contributed by atoms with Gasteiger partial charge in [0.1, 0.15) is 11.9 Å². The van der Waals surface area contributed by atoms with Crippen molar-refractivity contribution in [2.75, 3.05) is 6.61 Å². The minimum Gasteiger partial charge on any atom is -0.480 e. The molecule has 0 aliphatic heterocycles. The van der Waals surface area contributed by atoms with Crippen molar-refractivity contribution in [2.24, 2.45) is 0 Å². The number of Topliss-reactive ketones (excluding diaryl/α,β-unsaturated/α-hetero) is 1. The van der Waals surface area contributed by atoms with Crippen LogP contribution in [0.3, 0.4) is 0 Å². The summed E-state index contributed by atoms with van der Waals surface area (Å²) in [6, 6.07) is 9.36. The first-order chi connectivity index (χ1) is 7.31. The van der Waals surface area contributed by atoms with Gasteiger partial charge in [0.25, 0.3) is 0 Å². The number of rotatable bonds is 4. The van der Waals surface area contributed by atoms with Crippen molar-refractivity contribution in [1.29, 1.82) is 0 Å². The summed E-state index contributed by atoms with van der Waals surface area (Å²) in [5, 5.41) is 0. The number of para-hydroxylation sites is 1. The molecule has 1 aromatic rings. The Kier molecular flexibility index (Phi) is 3.02. The summed E-state index contributed by atoms with van der Waals surface area (Å²) in [6.07, 6.45) is 0.000720. The Balaban J connectivity index is 1.96. The summed E-state index contributed by atoms with van der Waals surface area (Å²) in [4.78, 5) is 11.3. The fourth-order valence-corrected chi connectivity index (χ4v) is 1.62. The maximum absolute atomic E-state index is 11.3. The molecular weight excluding hydrogens is 192 g/mol. The third kappa shape index (κ3) is 2.18. The van der Waals surface area contributed by atoms with Gasteiger partial charge in [-0.15, -0.1) is 0 Å². The molecule has 3 heteroatoms. The first-order valence-corrected chi connectivity index (χ1v) is 5.17. The van der Waals surface area contributed by atoms with E-state index in [1.807, 2.05) is 37.3 Å². The van der Waals surface area contributed by atoms with E-state index in [0.29, 0.717) is 13.0 Å². The Morgan fingerprint density at radius 1 is 1.33 bits per heavy atom. The largest absolute Gasteiger partial charge is 0.480 e. The van der Waals surface area contributed by atoms with Crippen molar-refractivity contribution in [3.63, 3.8) is 0 Å². The minimum atomic E-state index is -0.410. The van der Waals surface area contributed by atoms with E-state index in [4.69, 9.17) is 9.47 Å². The minimum absolute atomic E-state index is 0.0669. The standard InChI is InChI=1S/C12H14O3/c1-2-14-11-8-10(13)12(11)15-9-6-4-3-5-7-9/h3-7,11-12H,2,8H2,1H3. The molecule has 2 unspecified atom stereocenters. The number of ketones is 1. The Bertz CT molecular complexity index is 334. The summed E-state index contributed by atoms with van der Waals surface area (Å²) in [5.41, 5.74) is 0. The molecule has 15 heavy (non-hydrogen) atoms. The molecule has 2 rings (SSSR count). The number of ether oxygens (including phenoxy) is 2. The third-order valence-electron chi connectivity index (χ3n) is 2.44. The molecule has 3 nitrogen and oxygen atoms in total. The van der Waals surface area contributed by atoms with Gasteiger partial charge in [-0.2, -0.15) is 0 Å². The molecule has 0 spiro atoms. The second-order valence-corrected chi connectivity index (χ2v) is 3.52. The van der Waals surface area contributed by atoms with Crippen molar-refractivity contribution in [3.05, 3.63) is 30.3 Å². The van der Waals surface area contributed by atoms with Crippen LogP contribution in [0.2, 0.25) is 0 Å². The van der Waals surface area contributed by atoms with E-state index >= 15 is 0 Å². The van der Waals surface area contributed by atoms with Crippen LogP contribution in [0.25, 0.3) is 0 Å². The van der Waals surface area contributed by atoms with Crippen molar-refractivity contribution in [2.45, 2.75) is 25.6 Å². The molecule has 1 aliphatic rings. The first kappa shape index (κ1) is 10.2. The monoisotopic (exact) mass is 206 g/mol. The highest BCUT2D eigenvalue weighted by molar-refractivity contribution is 5.90. The van der Waals surface area contributed by atoms with E-state index in [1.165, 1.54) is 0 Å². The van der Waals surface area contributed by atoms with Gasteiger partial charge in [0.15, 0.2) is 11.9 Å². The predicted octanol–water partition coefficient (Wildman–Crippen LogP) is 1.81. The maximum atomic E-state index is 11.3. The van der Waals surface area contributed by atoms with Crippen molar-refractivity contribution < 1.29 is 14.3 Å². The fourth-order valence-electron chi connectivity index (χ4n) is 1.62. The molecule has 80 valence electrons. The van der Waals surface area contributed by atoms with E-state index in [2.05, 4.69) is 0 Å². The number of carbonyl (C=O) groups excluding carboxylic acids is 1. The van der Waals surface area contributed by atoms with Crippen LogP contribution in [0.5, 0.6) is 5.75 Å². The SMILES string of the molecule is CCOC1CC(=O)C1Oc1ccccc1. The maximum Gasteiger partial charge on any atom is 0.183 e. The Hall–Kier alpha value is -1.35. The van der Waals surface area contributed by atoms with Gasteiger partial charge in [-0.1, -0.05) is 18.2 Å². The molecule has 1 fully saturated rings. The van der Waals surface area contributed by atoms with Crippen LogP contribution >= 0.6 is 0 Å². The molecule has 0 saturated heterocycles. The fraction of sp³-hybridized carbons (Fsp3) is 0.417. The number of carbonyl (C=O) groups is 1. The lowest BCUT2D eigenvalue weighted by molar-refractivity contribution is -0.152. The number of hydrogen-bond donors (Lipinski definition) is 0. The van der Waals surface area contributed by atoms with Gasteiger partial charge in [-0.25, -0.2) is 0 Å². The van der Waals surface area contributed by atoms with Crippen molar-refractivity contribution in [1.82, 2.24) is 0 Å². The molecule has 0 aromatic heterocycles. The third-order valence-corrected chi connectivity index (χ3v) is 2.44. The molecule has 1 saturated carbocycles. The van der Waals surface area contributed by atoms with Crippen LogP contribution < -0.4 is 4.74 Å². The van der Waals surface area contributed by atoms with E-state index < -0.39 is 6.10 Å². The smallest absolute Gasteiger partial charge is 0.183 e. The van der Waals surface area contributed by atoms with Crippen LogP contribution in [-0.4, -0.2) is 24.6 Å². The average Bonchev–Trinajstić information content (AvgIpc) is 2.27. The molecule has 0 heterocycles. The molecule has 1 aliphatic carbocycles. The Morgan fingerprint density at radius 3 is 2.67 bits per heavy atom. The van der Waals surface area contributed by atoms with Crippen LogP contribution in [-0.2, 0) is 9.53 Å². The second-order valence-electron chi connectivity index (χ2n) is 3.52. The number of benzene rings is 1. The van der Waals surface area contributed by atoms with Gasteiger partial charge >= 0.3 is 0 Å². The van der Waals surface area contributed by atoms with Gasteiger partial charge in [0, 0.05) is 13.0 Å². The van der Waals surface area contributed by atoms with Gasteiger partial charge in [-0.05, 0) is 19.1 Å². The Morgan fingerprint density at radius 2 is 2.07 bits per heavy atom. The molecule has 0 amide bonds. The van der Waals surface area contributed by atoms with Crippen molar-refractivity contribution >= 4 is 5.78 Å². The zero-order valence-corrected chi connectivity index (χ0v) is 8.68. The zero-order valence-electron chi connectivity index (χ0n) is 8.68. The normalized spacial score (nSPS) is 24.7. The molecule has 0 N–H and O–H groups in total. The van der Waals surface area contributed by atoms with E-state index in [9.17, 15) is 4.79 Å². The van der Waals surface area contributed by atoms with E-state index in [1.54, 1.807) is 0 Å². The highest BCUT2D eigenvalue weighted by Gasteiger charge is 2.42. The van der Waals surface area contributed by atoms with Crippen LogP contribution in [0.4, 0.5) is 0 Å². The van der Waals surface area contributed by atoms with E-state index in [-0.39, 0.29) is 11.9 Å². The highest BCUT2D eigenvalue weighted by atomic mass is 16.5. The molecule has 0 bridgehead atoms. The van der Waals surface area contributed by atoms with Gasteiger partial charge in [0.05, 0.1) is 0 Å². The molecule has 1 aromatic carbocycles. The summed E-state index contributed by atoms with van der Waals surface area (Å²) in [6.45, 7) is 2.54. The van der Waals surface area contributed by atoms with Gasteiger partial charge in [-0.3, -0.25) is 4.79 Å². The lowest BCUT2D eigenvalue weighted by Crippen LogP contribution is -2.52. The lowest BCUT2D eigenvalue weighted by Gasteiger charge is -2.34. The van der Waals surface area contributed by atoms with Crippen LogP contribution in [0.15, 0.2) is 30.3 Å². The summed E-state index contributed by atoms with van der Waals surface area (Å²) in [5.74, 6) is 0.845. The van der Waals surface area contributed by atoms with Crippen molar-refractivity contribution in [3.8, 4) is 5.75 Å². The van der Waals surface area contributed by atoms with Gasteiger partial charge < -0.3 is 9.47 Å². The average molecular weight is 206 g/mol. The van der Waals surface area contributed by atoms with E-state index in [0.717, 1.165) is 5.75 Å². The van der Waals surface area contributed by atoms with Crippen LogP contribution in [0, 0.1) is 0 Å². The topological polar surface area (TPSA) is 35.5 Å². The quantitative estimate of drug-likeness (QED) is 0.753. The predicted molar refractivity (Wildman–Crippen MR) is 55.9 cm³/mol. The Labute approximate surface area is 89.0 Å². The number of hydrogen-bond acceptors (Lipinski definition) is 3. The van der Waals surface area contributed by atoms with Crippen LogP contribution in [0.1, 0.15) is 13.3 Å². The lowest BCUT2D eigenvalue weighted by atomic mass is 9.90. The summed E-state index contributed by atoms with van der Waals surface area (Å²) in [7, 11) is 0. The summed E-state index contributed by atoms with van der Waals surface area (Å²) < 4.78 is 10.9. The molecule has 2 atom stereocenters.